The van der Waals surface area contributed by atoms with E-state index in [1.54, 1.807) is 6.07 Å². The highest BCUT2D eigenvalue weighted by Gasteiger charge is 2.28. The molecule has 1 saturated carbocycles. The molecule has 0 unspecified atom stereocenters. The zero-order valence-electron chi connectivity index (χ0n) is 20.3. The smallest absolute Gasteiger partial charge is 0.407 e. The number of carbonyl (C=O) groups is 2. The molecule has 2 N–H and O–H groups in total. The van der Waals surface area contributed by atoms with Gasteiger partial charge in [0, 0.05) is 5.56 Å². The van der Waals surface area contributed by atoms with Crippen molar-refractivity contribution in [2.45, 2.75) is 84.8 Å². The van der Waals surface area contributed by atoms with Gasteiger partial charge in [-0.3, -0.25) is 4.79 Å². The second kappa shape index (κ2) is 12.4. The van der Waals surface area contributed by atoms with Crippen molar-refractivity contribution in [3.05, 3.63) is 29.1 Å². The number of amides is 1. The Morgan fingerprint density at radius 1 is 1.18 bits per heavy atom. The molecule has 2 heterocycles. The van der Waals surface area contributed by atoms with Crippen molar-refractivity contribution >= 4 is 12.1 Å². The van der Waals surface area contributed by atoms with Crippen LogP contribution in [0, 0.1) is 19.8 Å². The first kappa shape index (κ1) is 25.5. The van der Waals surface area contributed by atoms with Crippen molar-refractivity contribution in [2.75, 3.05) is 6.61 Å². The maximum Gasteiger partial charge on any atom is 0.407 e. The Kier molecular flexibility index (Phi) is 9.30. The average Bonchev–Trinajstić information content (AvgIpc) is 3.19. The quantitative estimate of drug-likeness (QED) is 0.428. The summed E-state index contributed by atoms with van der Waals surface area (Å²) in [4.78, 5) is 28.0. The Morgan fingerprint density at radius 3 is 2.74 bits per heavy atom. The molecule has 0 aromatic carbocycles. The third-order valence-electron chi connectivity index (χ3n) is 6.16. The monoisotopic (exact) mass is 473 g/mol. The van der Waals surface area contributed by atoms with Crippen molar-refractivity contribution in [3.63, 3.8) is 0 Å². The summed E-state index contributed by atoms with van der Waals surface area (Å²) in [6.07, 6.45) is 6.42. The molecule has 34 heavy (non-hydrogen) atoms. The normalized spacial score (nSPS) is 17.9. The van der Waals surface area contributed by atoms with E-state index in [2.05, 4.69) is 22.4 Å². The second-order valence-corrected chi connectivity index (χ2v) is 8.85. The van der Waals surface area contributed by atoms with Gasteiger partial charge in [-0.25, -0.2) is 9.78 Å². The number of carboxylic acids is 1. The van der Waals surface area contributed by atoms with Gasteiger partial charge in [-0.15, -0.1) is 0 Å². The molecular weight excluding hydrogens is 438 g/mol. The molecule has 1 aliphatic rings. The zero-order chi connectivity index (χ0) is 24.5. The van der Waals surface area contributed by atoms with Gasteiger partial charge in [0.15, 0.2) is 5.76 Å². The van der Waals surface area contributed by atoms with Crippen molar-refractivity contribution in [1.29, 1.82) is 0 Å². The molecule has 0 radical (unpaired) electrons. The molecule has 9 heteroatoms. The van der Waals surface area contributed by atoms with Gasteiger partial charge in [-0.1, -0.05) is 31.3 Å². The fourth-order valence-electron chi connectivity index (χ4n) is 4.16. The van der Waals surface area contributed by atoms with Crippen LogP contribution in [0.15, 0.2) is 16.7 Å². The summed E-state index contributed by atoms with van der Waals surface area (Å²) >= 11 is 0. The number of aliphatic carboxylic acids is 1. The number of nitrogens with zero attached hydrogens (tertiary/aromatic N) is 2. The minimum Gasteiger partial charge on any atom is -0.489 e. The molecule has 0 saturated heterocycles. The number of ether oxygens (including phenoxy) is 2. The number of nitrogens with one attached hydrogen (secondary N) is 1. The number of aromatic nitrogens is 2. The first-order chi connectivity index (χ1) is 16.4. The Bertz CT molecular complexity index is 974. The van der Waals surface area contributed by atoms with Crippen LogP contribution in [0.2, 0.25) is 0 Å². The van der Waals surface area contributed by atoms with E-state index >= 15 is 0 Å². The lowest BCUT2D eigenvalue weighted by molar-refractivity contribution is -0.143. The van der Waals surface area contributed by atoms with Crippen LogP contribution in [0.4, 0.5) is 4.79 Å². The van der Waals surface area contributed by atoms with Gasteiger partial charge >= 0.3 is 12.1 Å². The van der Waals surface area contributed by atoms with Crippen LogP contribution in [-0.2, 0) is 16.1 Å². The van der Waals surface area contributed by atoms with Gasteiger partial charge < -0.3 is 24.4 Å². The standard InChI is InChI=1S/C25H35N3O6/c1-4-5-6-7-13-32-25(31)26-15-20-16(2)28-34-23(20)21-11-12-22(17(3)27-21)33-19-10-8-9-18(14-19)24(29)30/h11-12,18-19H,4-10,13-15H2,1-3H3,(H,26,31)(H,29,30)/t18-,19-/m0/s1. The molecule has 1 amide bonds. The number of carbonyl (C=O) groups excluding carboxylic acids is 1. The van der Waals surface area contributed by atoms with E-state index in [0.29, 0.717) is 48.0 Å². The van der Waals surface area contributed by atoms with Crippen LogP contribution < -0.4 is 10.1 Å². The molecule has 0 aliphatic heterocycles. The third kappa shape index (κ3) is 6.95. The predicted octanol–water partition coefficient (Wildman–Crippen LogP) is 5.18. The van der Waals surface area contributed by atoms with Gasteiger partial charge in [0.25, 0.3) is 0 Å². The van der Waals surface area contributed by atoms with Crippen LogP contribution in [0.25, 0.3) is 11.5 Å². The minimum absolute atomic E-state index is 0.138. The highest BCUT2D eigenvalue weighted by Crippen LogP contribution is 2.31. The SMILES string of the molecule is CCCCCCOC(=O)NCc1c(C)noc1-c1ccc(O[C@H]2CCC[C@H](C(=O)O)C2)c(C)n1. The number of pyridine rings is 1. The van der Waals surface area contributed by atoms with E-state index < -0.39 is 12.1 Å². The van der Waals surface area contributed by atoms with Crippen LogP contribution in [0.3, 0.4) is 0 Å². The molecular formula is C25H35N3O6. The number of alkyl carbamates (subject to hydrolysis) is 1. The first-order valence-electron chi connectivity index (χ1n) is 12.1. The molecule has 186 valence electrons. The zero-order valence-corrected chi connectivity index (χ0v) is 20.3. The summed E-state index contributed by atoms with van der Waals surface area (Å²) in [6.45, 7) is 6.41. The number of aryl methyl sites for hydroxylation is 2. The minimum atomic E-state index is -0.763. The van der Waals surface area contributed by atoms with E-state index in [0.717, 1.165) is 44.1 Å². The predicted molar refractivity (Wildman–Crippen MR) is 126 cm³/mol. The summed E-state index contributed by atoms with van der Waals surface area (Å²) in [5.74, 6) is -0.0106. The van der Waals surface area contributed by atoms with Crippen LogP contribution in [0.1, 0.15) is 75.2 Å². The number of hydrogen-bond donors (Lipinski definition) is 2. The van der Waals surface area contributed by atoms with Gasteiger partial charge in [-0.05, 0) is 58.1 Å². The summed E-state index contributed by atoms with van der Waals surface area (Å²) in [5.41, 5.74) is 2.66. The third-order valence-corrected chi connectivity index (χ3v) is 6.16. The topological polar surface area (TPSA) is 124 Å². The van der Waals surface area contributed by atoms with Crippen molar-refractivity contribution in [2.24, 2.45) is 5.92 Å². The maximum atomic E-state index is 12.0. The van der Waals surface area contributed by atoms with E-state index in [-0.39, 0.29) is 18.6 Å². The lowest BCUT2D eigenvalue weighted by atomic mass is 9.87. The molecule has 0 bridgehead atoms. The molecule has 2 atom stereocenters. The molecule has 1 aliphatic carbocycles. The number of unbranched alkanes of at least 4 members (excludes halogenated alkanes) is 3. The Hall–Kier alpha value is -3.10. The van der Waals surface area contributed by atoms with E-state index in [4.69, 9.17) is 14.0 Å². The average molecular weight is 474 g/mol. The maximum absolute atomic E-state index is 12.0. The largest absolute Gasteiger partial charge is 0.489 e. The summed E-state index contributed by atoms with van der Waals surface area (Å²) in [5, 5.41) is 16.1. The molecule has 2 aromatic rings. The van der Waals surface area contributed by atoms with Crippen LogP contribution in [-0.4, -0.2) is 40.0 Å². The highest BCUT2D eigenvalue weighted by atomic mass is 16.5. The molecule has 2 aromatic heterocycles. The fourth-order valence-corrected chi connectivity index (χ4v) is 4.16. The van der Waals surface area contributed by atoms with Gasteiger partial charge in [-0.2, -0.15) is 0 Å². The Morgan fingerprint density at radius 2 is 2.00 bits per heavy atom. The van der Waals surface area contributed by atoms with E-state index in [1.165, 1.54) is 0 Å². The number of rotatable bonds is 11. The fraction of sp³-hybridized carbons (Fsp3) is 0.600. The van der Waals surface area contributed by atoms with Crippen molar-refractivity contribution in [3.8, 4) is 17.2 Å². The molecule has 3 rings (SSSR count). The van der Waals surface area contributed by atoms with Crippen LogP contribution in [0.5, 0.6) is 5.75 Å². The Balaban J connectivity index is 1.60. The lowest BCUT2D eigenvalue weighted by Gasteiger charge is -2.27. The lowest BCUT2D eigenvalue weighted by Crippen LogP contribution is -2.29. The Labute approximate surface area is 200 Å². The van der Waals surface area contributed by atoms with Crippen LogP contribution >= 0.6 is 0 Å². The summed E-state index contributed by atoms with van der Waals surface area (Å²) in [7, 11) is 0. The number of carboxylic acid groups (broad SMARTS) is 1. The highest BCUT2D eigenvalue weighted by molar-refractivity contribution is 5.70. The first-order valence-corrected chi connectivity index (χ1v) is 12.1. The van der Waals surface area contributed by atoms with Gasteiger partial charge in [0.05, 0.1) is 36.6 Å². The molecule has 0 spiro atoms. The van der Waals surface area contributed by atoms with E-state index in [9.17, 15) is 14.7 Å². The van der Waals surface area contributed by atoms with Gasteiger partial charge in [0.2, 0.25) is 0 Å². The molecule has 1 fully saturated rings. The second-order valence-electron chi connectivity index (χ2n) is 8.85. The number of hydrogen-bond acceptors (Lipinski definition) is 7. The van der Waals surface area contributed by atoms with Gasteiger partial charge in [0.1, 0.15) is 11.4 Å². The summed E-state index contributed by atoms with van der Waals surface area (Å²) in [6, 6.07) is 3.61. The molecule has 9 nitrogen and oxygen atoms in total. The van der Waals surface area contributed by atoms with Crippen molar-refractivity contribution in [1.82, 2.24) is 15.5 Å². The van der Waals surface area contributed by atoms with E-state index in [1.807, 2.05) is 19.9 Å². The van der Waals surface area contributed by atoms with Crippen molar-refractivity contribution < 1.29 is 28.7 Å². The summed E-state index contributed by atoms with van der Waals surface area (Å²) < 4.78 is 16.8.